The fraction of sp³-hybridized carbons (Fsp3) is 0.608. The highest BCUT2D eigenvalue weighted by Gasteiger charge is 2.63. The van der Waals surface area contributed by atoms with E-state index < -0.39 is 34.8 Å². The van der Waals surface area contributed by atoms with Crippen LogP contribution in [-0.2, 0) is 25.5 Å². The Morgan fingerprint density at radius 1 is 0.885 bits per heavy atom. The maximum Gasteiger partial charge on any atom is 0.303 e. The van der Waals surface area contributed by atoms with E-state index in [1.807, 2.05) is 53.7 Å². The molecule has 3 aliphatic heterocycles. The molecule has 1 amide bonds. The molecule has 4 aliphatic rings. The van der Waals surface area contributed by atoms with Gasteiger partial charge >= 0.3 is 5.97 Å². The maximum atomic E-state index is 14.7. The number of benzene rings is 1. The highest BCUT2D eigenvalue weighted by molar-refractivity contribution is 6.16. The number of Topliss-reactive ketones (excluding diaryl/α,β-unsaturated/α-hetero) is 2. The van der Waals surface area contributed by atoms with Gasteiger partial charge in [0.1, 0.15) is 40.1 Å². The summed E-state index contributed by atoms with van der Waals surface area (Å²) in [5.41, 5.74) is 2.10. The molecule has 0 aromatic heterocycles. The van der Waals surface area contributed by atoms with E-state index >= 15 is 0 Å². The van der Waals surface area contributed by atoms with Gasteiger partial charge < -0.3 is 29.7 Å². The molecule has 3 heterocycles. The van der Waals surface area contributed by atoms with Crippen LogP contribution in [0.15, 0.2) is 52.7 Å². The summed E-state index contributed by atoms with van der Waals surface area (Å²) < 4.78 is 19.9. The predicted molar refractivity (Wildman–Crippen MR) is 240 cm³/mol. The zero-order valence-electron chi connectivity index (χ0n) is 38.3. The van der Waals surface area contributed by atoms with Crippen LogP contribution >= 0.6 is 0 Å². The summed E-state index contributed by atoms with van der Waals surface area (Å²) in [5.74, 6) is -1.57. The number of carboxylic acid groups (broad SMARTS) is 1. The lowest BCUT2D eigenvalue weighted by Gasteiger charge is -2.58. The molecule has 1 aliphatic carbocycles. The average Bonchev–Trinajstić information content (AvgIpc) is 3.63. The van der Waals surface area contributed by atoms with Crippen LogP contribution in [-0.4, -0.2) is 63.1 Å². The van der Waals surface area contributed by atoms with Crippen molar-refractivity contribution in [2.24, 2.45) is 11.8 Å². The van der Waals surface area contributed by atoms with Gasteiger partial charge in [0.15, 0.2) is 11.6 Å². The average molecular weight is 842 g/mol. The summed E-state index contributed by atoms with van der Waals surface area (Å²) in [6, 6.07) is 0. The first-order valence-corrected chi connectivity index (χ1v) is 22.7. The monoisotopic (exact) mass is 842 g/mol. The van der Waals surface area contributed by atoms with Crippen LogP contribution in [0.4, 0.5) is 0 Å². The van der Waals surface area contributed by atoms with Gasteiger partial charge in [0.2, 0.25) is 5.91 Å². The minimum atomic E-state index is -1.18. The van der Waals surface area contributed by atoms with Crippen molar-refractivity contribution in [3.05, 3.63) is 69.4 Å². The number of carbonyl (C=O) groups is 4. The molecule has 0 radical (unpaired) electrons. The second kappa shape index (κ2) is 20.2. The van der Waals surface area contributed by atoms with Gasteiger partial charge in [0, 0.05) is 54.4 Å². The number of unbranched alkanes of at least 4 members (excludes halogenated alkanes) is 8. The van der Waals surface area contributed by atoms with Crippen LogP contribution in [0.1, 0.15) is 174 Å². The van der Waals surface area contributed by atoms with E-state index in [1.54, 1.807) is 19.1 Å². The number of amides is 1. The van der Waals surface area contributed by atoms with E-state index in [0.717, 1.165) is 76.2 Å². The molecule has 5 unspecified atom stereocenters. The molecule has 10 nitrogen and oxygen atoms in total. The standard InChI is InChI=1S/C51H71NO9/c1-32(2)20-19-26-50(9)27-25-37-43(55)42-44(56)39-30-36(31-40(39)59-46(42)38(45(37)60-50)23-22-33(3)4)47(57)51(35(6)49(7,8)61-51)28-24-34(5)48(58)52-29-18-16-14-12-10-11-13-15-17-21-41(53)54/h20,22,24-25,27,30,35-36,40,55H,10-19,21,23,26,28-29,31H2,1-9H3,(H,52,58)(H,53,54)/b34-24-. The number of nitrogens with one attached hydrogen (secondary N) is 1. The van der Waals surface area contributed by atoms with Crippen molar-refractivity contribution in [1.29, 1.82) is 0 Å². The van der Waals surface area contributed by atoms with Crippen molar-refractivity contribution in [2.75, 3.05) is 6.54 Å². The molecule has 1 saturated heterocycles. The van der Waals surface area contributed by atoms with E-state index in [-0.39, 0.29) is 54.0 Å². The van der Waals surface area contributed by atoms with Crippen LogP contribution in [0.2, 0.25) is 0 Å². The molecule has 1 aromatic rings. The van der Waals surface area contributed by atoms with Crippen molar-refractivity contribution >= 4 is 29.5 Å². The number of fused-ring (bicyclic) bond motifs is 3. The number of phenols is 1. The molecular formula is C51H71NO9. The Bertz CT molecular complexity index is 1990. The van der Waals surface area contributed by atoms with Crippen molar-refractivity contribution in [3.63, 3.8) is 0 Å². The Morgan fingerprint density at radius 3 is 2.13 bits per heavy atom. The van der Waals surface area contributed by atoms with Crippen LogP contribution in [0.3, 0.4) is 0 Å². The van der Waals surface area contributed by atoms with E-state index in [1.165, 1.54) is 5.57 Å². The highest BCUT2D eigenvalue weighted by Crippen LogP contribution is 2.55. The lowest BCUT2D eigenvalue weighted by atomic mass is 9.65. The summed E-state index contributed by atoms with van der Waals surface area (Å²) in [5, 5.41) is 23.5. The lowest BCUT2D eigenvalue weighted by molar-refractivity contribution is -0.288. The van der Waals surface area contributed by atoms with Crippen molar-refractivity contribution in [1.82, 2.24) is 5.32 Å². The number of carbonyl (C=O) groups excluding carboxylic acids is 3. The number of ketones is 2. The Labute approximate surface area is 364 Å². The zero-order valence-corrected chi connectivity index (χ0v) is 38.3. The van der Waals surface area contributed by atoms with Gasteiger partial charge in [0.25, 0.3) is 0 Å². The molecule has 0 saturated carbocycles. The van der Waals surface area contributed by atoms with Gasteiger partial charge in [-0.2, -0.15) is 0 Å². The largest absolute Gasteiger partial charge is 0.506 e. The van der Waals surface area contributed by atoms with E-state index in [2.05, 4.69) is 31.3 Å². The Kier molecular flexibility index (Phi) is 15.7. The van der Waals surface area contributed by atoms with E-state index in [4.69, 9.17) is 19.3 Å². The normalized spacial score (nSPS) is 24.5. The number of allylic oxidation sites excluding steroid dienone is 5. The number of phenolic OH excluding ortho intramolecular Hbond substituents is 1. The third kappa shape index (κ3) is 11.1. The van der Waals surface area contributed by atoms with Gasteiger partial charge in [-0.3, -0.25) is 19.2 Å². The Balaban J connectivity index is 1.25. The Morgan fingerprint density at radius 2 is 1.52 bits per heavy atom. The minimum absolute atomic E-state index is 0.100. The molecule has 1 fully saturated rings. The van der Waals surface area contributed by atoms with Crippen molar-refractivity contribution in [2.45, 2.75) is 182 Å². The SMILES string of the molecule is CC(C)=CCCC1(C)C=Cc2c(O)c3c(c(CC=C(C)C)c2O1)OC1CC(C(=O)C2(C/C=C(/C)C(=O)NCCCCCCCCCCCC(=O)O)OC(C)(C)C2C)C=C1C3=O. The van der Waals surface area contributed by atoms with Gasteiger partial charge in [-0.1, -0.05) is 87.3 Å². The fourth-order valence-corrected chi connectivity index (χ4v) is 9.15. The van der Waals surface area contributed by atoms with Crippen molar-refractivity contribution < 1.29 is 43.6 Å². The second-order valence-corrected chi connectivity index (χ2v) is 19.1. The summed E-state index contributed by atoms with van der Waals surface area (Å²) in [4.78, 5) is 52.9. The Hall–Kier alpha value is -4.44. The van der Waals surface area contributed by atoms with Crippen molar-refractivity contribution in [3.8, 4) is 17.2 Å². The number of aromatic hydroxyl groups is 1. The lowest BCUT2D eigenvalue weighted by Crippen LogP contribution is -2.69. The maximum absolute atomic E-state index is 14.7. The molecular weight excluding hydrogens is 771 g/mol. The molecule has 0 spiro atoms. The highest BCUT2D eigenvalue weighted by atomic mass is 16.6. The number of hydrogen-bond donors (Lipinski definition) is 3. The predicted octanol–water partition coefficient (Wildman–Crippen LogP) is 10.9. The zero-order chi connectivity index (χ0) is 44.7. The smallest absolute Gasteiger partial charge is 0.303 e. The van der Waals surface area contributed by atoms with Crippen LogP contribution in [0.5, 0.6) is 17.2 Å². The van der Waals surface area contributed by atoms with Crippen LogP contribution in [0.25, 0.3) is 6.08 Å². The third-order valence-corrected chi connectivity index (χ3v) is 13.2. The number of rotatable bonds is 22. The van der Waals surface area contributed by atoms with Crippen LogP contribution < -0.4 is 14.8 Å². The second-order valence-electron chi connectivity index (χ2n) is 19.1. The fourth-order valence-electron chi connectivity index (χ4n) is 9.15. The molecule has 1 aromatic carbocycles. The molecule has 334 valence electrons. The summed E-state index contributed by atoms with van der Waals surface area (Å²) in [6.07, 6.45) is 22.8. The molecule has 5 atom stereocenters. The number of hydrogen-bond acceptors (Lipinski definition) is 8. The minimum Gasteiger partial charge on any atom is -0.506 e. The van der Waals surface area contributed by atoms with Gasteiger partial charge in [-0.05, 0) is 99.6 Å². The molecule has 10 heteroatoms. The van der Waals surface area contributed by atoms with Gasteiger partial charge in [-0.25, -0.2) is 0 Å². The molecule has 5 rings (SSSR count). The van der Waals surface area contributed by atoms with Gasteiger partial charge in [0.05, 0.1) is 11.2 Å². The first-order chi connectivity index (χ1) is 28.8. The summed E-state index contributed by atoms with van der Waals surface area (Å²) >= 11 is 0. The van der Waals surface area contributed by atoms with Crippen LogP contribution in [0, 0.1) is 11.8 Å². The molecule has 61 heavy (non-hydrogen) atoms. The number of carboxylic acids is 1. The summed E-state index contributed by atoms with van der Waals surface area (Å²) in [6.45, 7) is 18.5. The summed E-state index contributed by atoms with van der Waals surface area (Å²) in [7, 11) is 0. The molecule has 3 N–H and O–H groups in total. The number of ether oxygens (including phenoxy) is 3. The quantitative estimate of drug-likeness (QED) is 0.0589. The topological polar surface area (TPSA) is 148 Å². The third-order valence-electron chi connectivity index (χ3n) is 13.2. The first-order valence-electron chi connectivity index (χ1n) is 22.7. The van der Waals surface area contributed by atoms with E-state index in [0.29, 0.717) is 46.7 Å². The number of aliphatic carboxylic acids is 1. The van der Waals surface area contributed by atoms with Gasteiger partial charge in [-0.15, -0.1) is 0 Å². The molecule has 0 bridgehead atoms. The van der Waals surface area contributed by atoms with E-state index in [9.17, 15) is 24.3 Å². The first kappa shape index (κ1) is 47.6.